The van der Waals surface area contributed by atoms with Crippen molar-refractivity contribution in [2.75, 3.05) is 0 Å². The van der Waals surface area contributed by atoms with Gasteiger partial charge in [0, 0.05) is 17.6 Å². The summed E-state index contributed by atoms with van der Waals surface area (Å²) in [5.74, 6) is 1.07. The van der Waals surface area contributed by atoms with Crippen LogP contribution in [-0.4, -0.2) is 15.1 Å². The summed E-state index contributed by atoms with van der Waals surface area (Å²) in [7, 11) is 0. The van der Waals surface area contributed by atoms with Crippen LogP contribution in [-0.2, 0) is 6.61 Å². The lowest BCUT2D eigenvalue weighted by Gasteiger charge is -2.08. The quantitative estimate of drug-likeness (QED) is 0.778. The Morgan fingerprint density at radius 1 is 1.11 bits per heavy atom. The fraction of sp³-hybridized carbons (Fsp3) is 0.0667. The molecule has 3 rings (SSSR count). The summed E-state index contributed by atoms with van der Waals surface area (Å²) in [5, 5.41) is 10.4. The van der Waals surface area contributed by atoms with Gasteiger partial charge in [0.15, 0.2) is 0 Å². The molecule has 2 heterocycles. The van der Waals surface area contributed by atoms with E-state index in [4.69, 9.17) is 4.74 Å². The van der Waals surface area contributed by atoms with E-state index in [9.17, 15) is 5.11 Å². The molecule has 4 nitrogen and oxygen atoms in total. The number of pyridine rings is 2. The highest BCUT2D eigenvalue weighted by molar-refractivity contribution is 5.82. The van der Waals surface area contributed by atoms with Gasteiger partial charge in [0.25, 0.3) is 0 Å². The molecule has 0 aliphatic heterocycles. The van der Waals surface area contributed by atoms with Gasteiger partial charge in [0.1, 0.15) is 5.75 Å². The summed E-state index contributed by atoms with van der Waals surface area (Å²) >= 11 is 0. The molecule has 0 bridgehead atoms. The number of hydrogen-bond acceptors (Lipinski definition) is 4. The monoisotopic (exact) mass is 252 g/mol. The Bertz CT molecular complexity index is 699. The maximum Gasteiger partial charge on any atom is 0.220 e. The average Bonchev–Trinajstić information content (AvgIpc) is 2.47. The van der Waals surface area contributed by atoms with Crippen LogP contribution >= 0.6 is 0 Å². The van der Waals surface area contributed by atoms with Gasteiger partial charge in [-0.3, -0.25) is 4.98 Å². The van der Waals surface area contributed by atoms with Gasteiger partial charge in [-0.25, -0.2) is 4.98 Å². The summed E-state index contributed by atoms with van der Waals surface area (Å²) in [4.78, 5) is 8.40. The normalized spacial score (nSPS) is 10.6. The maximum absolute atomic E-state index is 9.43. The molecule has 94 valence electrons. The zero-order valence-corrected chi connectivity index (χ0v) is 10.2. The van der Waals surface area contributed by atoms with Crippen molar-refractivity contribution in [2.24, 2.45) is 0 Å². The molecule has 0 radical (unpaired) electrons. The highest BCUT2D eigenvalue weighted by atomic mass is 16.5. The standard InChI is InChI=1S/C15H12N2O2/c18-10-11-8-15(19-12-4-3-7-16-9-12)17-14-6-2-1-5-13(11)14/h1-9,18H,10H2. The molecule has 4 heteroatoms. The van der Waals surface area contributed by atoms with Gasteiger partial charge in [-0.05, 0) is 23.8 Å². The molecule has 0 aliphatic rings. The Morgan fingerprint density at radius 3 is 2.79 bits per heavy atom. The number of fused-ring (bicyclic) bond motifs is 1. The summed E-state index contributed by atoms with van der Waals surface area (Å²) < 4.78 is 5.64. The minimum absolute atomic E-state index is 0.0492. The van der Waals surface area contributed by atoms with Crippen LogP contribution in [0, 0.1) is 0 Å². The molecule has 0 atom stereocenters. The van der Waals surface area contributed by atoms with Crippen molar-refractivity contribution in [3.8, 4) is 11.6 Å². The van der Waals surface area contributed by atoms with Gasteiger partial charge >= 0.3 is 0 Å². The first-order chi connectivity index (χ1) is 9.36. The first-order valence-corrected chi connectivity index (χ1v) is 5.94. The van der Waals surface area contributed by atoms with Crippen molar-refractivity contribution in [3.63, 3.8) is 0 Å². The Labute approximate surface area is 110 Å². The van der Waals surface area contributed by atoms with Crippen molar-refractivity contribution in [1.29, 1.82) is 0 Å². The summed E-state index contributed by atoms with van der Waals surface area (Å²) in [6.07, 6.45) is 3.30. The van der Waals surface area contributed by atoms with E-state index in [1.165, 1.54) is 0 Å². The van der Waals surface area contributed by atoms with E-state index in [2.05, 4.69) is 9.97 Å². The minimum Gasteiger partial charge on any atom is -0.437 e. The number of aromatic nitrogens is 2. The fourth-order valence-corrected chi connectivity index (χ4v) is 1.93. The van der Waals surface area contributed by atoms with Crippen LogP contribution in [0.15, 0.2) is 54.9 Å². The molecule has 0 saturated heterocycles. The van der Waals surface area contributed by atoms with Gasteiger partial charge in [0.05, 0.1) is 18.3 Å². The Balaban J connectivity index is 2.05. The number of nitrogens with zero attached hydrogens (tertiary/aromatic N) is 2. The van der Waals surface area contributed by atoms with E-state index in [0.29, 0.717) is 11.6 Å². The molecule has 3 aromatic rings. The molecule has 1 N–H and O–H groups in total. The summed E-state index contributed by atoms with van der Waals surface area (Å²) in [5.41, 5.74) is 1.59. The van der Waals surface area contributed by atoms with Crippen LogP contribution in [0.4, 0.5) is 0 Å². The van der Waals surface area contributed by atoms with E-state index in [-0.39, 0.29) is 6.61 Å². The topological polar surface area (TPSA) is 55.2 Å². The predicted octanol–water partition coefficient (Wildman–Crippen LogP) is 2.91. The molecule has 0 saturated carbocycles. The number of para-hydroxylation sites is 1. The second kappa shape index (κ2) is 5.04. The number of aliphatic hydroxyl groups is 1. The molecule has 0 unspecified atom stereocenters. The van der Waals surface area contributed by atoms with Crippen molar-refractivity contribution in [3.05, 3.63) is 60.4 Å². The SMILES string of the molecule is OCc1cc(Oc2cccnc2)nc2ccccc12. The lowest BCUT2D eigenvalue weighted by Crippen LogP contribution is -1.93. The lowest BCUT2D eigenvalue weighted by atomic mass is 10.1. The summed E-state index contributed by atoms with van der Waals surface area (Å²) in [6.45, 7) is -0.0492. The van der Waals surface area contributed by atoms with Crippen LogP contribution in [0.5, 0.6) is 11.6 Å². The Kier molecular flexibility index (Phi) is 3.08. The van der Waals surface area contributed by atoms with Crippen molar-refractivity contribution in [1.82, 2.24) is 9.97 Å². The largest absolute Gasteiger partial charge is 0.437 e. The average molecular weight is 252 g/mol. The molecule has 0 amide bonds. The van der Waals surface area contributed by atoms with E-state index < -0.39 is 0 Å². The fourth-order valence-electron chi connectivity index (χ4n) is 1.93. The van der Waals surface area contributed by atoms with Crippen LogP contribution in [0.25, 0.3) is 10.9 Å². The van der Waals surface area contributed by atoms with Gasteiger partial charge in [-0.2, -0.15) is 0 Å². The van der Waals surface area contributed by atoms with Crippen molar-refractivity contribution in [2.45, 2.75) is 6.61 Å². The minimum atomic E-state index is -0.0492. The molecule has 1 aromatic carbocycles. The van der Waals surface area contributed by atoms with E-state index in [0.717, 1.165) is 16.5 Å². The molecular formula is C15H12N2O2. The Hall–Kier alpha value is -2.46. The molecule has 0 aliphatic carbocycles. The number of benzene rings is 1. The molecule has 19 heavy (non-hydrogen) atoms. The van der Waals surface area contributed by atoms with Gasteiger partial charge in [0.2, 0.25) is 5.88 Å². The van der Waals surface area contributed by atoms with Gasteiger partial charge in [-0.15, -0.1) is 0 Å². The van der Waals surface area contributed by atoms with Crippen molar-refractivity contribution < 1.29 is 9.84 Å². The zero-order chi connectivity index (χ0) is 13.1. The highest BCUT2D eigenvalue weighted by Gasteiger charge is 2.06. The van der Waals surface area contributed by atoms with Crippen LogP contribution in [0.3, 0.4) is 0 Å². The van der Waals surface area contributed by atoms with Gasteiger partial charge < -0.3 is 9.84 Å². The third-order valence-electron chi connectivity index (χ3n) is 2.81. The first kappa shape index (κ1) is 11.6. The first-order valence-electron chi connectivity index (χ1n) is 5.94. The maximum atomic E-state index is 9.43. The molecule has 2 aromatic heterocycles. The lowest BCUT2D eigenvalue weighted by molar-refractivity contribution is 0.282. The second-order valence-corrected chi connectivity index (χ2v) is 4.09. The van der Waals surface area contributed by atoms with Crippen LogP contribution in [0.2, 0.25) is 0 Å². The smallest absolute Gasteiger partial charge is 0.220 e. The number of hydrogen-bond donors (Lipinski definition) is 1. The highest BCUT2D eigenvalue weighted by Crippen LogP contribution is 2.25. The van der Waals surface area contributed by atoms with E-state index >= 15 is 0 Å². The van der Waals surface area contributed by atoms with E-state index in [1.807, 2.05) is 30.3 Å². The summed E-state index contributed by atoms with van der Waals surface area (Å²) in [6, 6.07) is 13.0. The second-order valence-electron chi connectivity index (χ2n) is 4.09. The van der Waals surface area contributed by atoms with Gasteiger partial charge in [-0.1, -0.05) is 18.2 Å². The molecular weight excluding hydrogens is 240 g/mol. The van der Waals surface area contributed by atoms with Crippen LogP contribution < -0.4 is 4.74 Å². The molecule has 0 spiro atoms. The number of rotatable bonds is 3. The number of aliphatic hydroxyl groups excluding tert-OH is 1. The van der Waals surface area contributed by atoms with E-state index in [1.54, 1.807) is 24.5 Å². The van der Waals surface area contributed by atoms with Crippen LogP contribution in [0.1, 0.15) is 5.56 Å². The predicted molar refractivity (Wildman–Crippen MR) is 72.0 cm³/mol. The zero-order valence-electron chi connectivity index (χ0n) is 10.2. The third kappa shape index (κ3) is 2.39. The Morgan fingerprint density at radius 2 is 2.00 bits per heavy atom. The molecule has 0 fully saturated rings. The van der Waals surface area contributed by atoms with Crippen molar-refractivity contribution >= 4 is 10.9 Å². The third-order valence-corrected chi connectivity index (χ3v) is 2.81. The number of ether oxygens (including phenoxy) is 1.